The molecule has 2 aromatic heterocycles. The van der Waals surface area contributed by atoms with Gasteiger partial charge in [0.1, 0.15) is 23.4 Å². The van der Waals surface area contributed by atoms with Crippen LogP contribution in [0.4, 0.5) is 10.5 Å². The number of pyridine rings is 1. The van der Waals surface area contributed by atoms with E-state index >= 15 is 0 Å². The van der Waals surface area contributed by atoms with Gasteiger partial charge in [0.05, 0.1) is 18.6 Å². The fourth-order valence-electron chi connectivity index (χ4n) is 3.04. The van der Waals surface area contributed by atoms with Crippen LogP contribution in [0.5, 0.6) is 11.6 Å². The maximum atomic E-state index is 12.7. The van der Waals surface area contributed by atoms with E-state index in [-0.39, 0.29) is 35.3 Å². The molecule has 0 saturated carbocycles. The van der Waals surface area contributed by atoms with Crippen molar-refractivity contribution in [2.24, 2.45) is 0 Å². The summed E-state index contributed by atoms with van der Waals surface area (Å²) in [6, 6.07) is 11.5. The van der Waals surface area contributed by atoms with Gasteiger partial charge in [-0.25, -0.2) is 14.6 Å². The molecular formula is C22H16N4O8. The fourth-order valence-corrected chi connectivity index (χ4v) is 3.04. The van der Waals surface area contributed by atoms with E-state index in [1.807, 2.05) is 0 Å². The highest BCUT2D eigenvalue weighted by atomic mass is 16.6. The molecule has 34 heavy (non-hydrogen) atoms. The van der Waals surface area contributed by atoms with Crippen molar-refractivity contribution in [2.75, 3.05) is 7.11 Å². The van der Waals surface area contributed by atoms with Crippen LogP contribution in [0.1, 0.15) is 21.9 Å². The van der Waals surface area contributed by atoms with E-state index in [0.717, 1.165) is 11.1 Å². The van der Waals surface area contributed by atoms with Crippen molar-refractivity contribution in [1.82, 2.24) is 15.2 Å². The van der Waals surface area contributed by atoms with Crippen LogP contribution >= 0.6 is 0 Å². The Labute approximate surface area is 191 Å². The Morgan fingerprint density at radius 1 is 1.24 bits per heavy atom. The van der Waals surface area contributed by atoms with Crippen LogP contribution in [-0.4, -0.2) is 39.8 Å². The van der Waals surface area contributed by atoms with Gasteiger partial charge in [0.25, 0.3) is 11.6 Å². The first-order valence-electron chi connectivity index (χ1n) is 9.74. The van der Waals surface area contributed by atoms with Crippen molar-refractivity contribution in [1.29, 1.82) is 0 Å². The molecule has 0 spiro atoms. The molecule has 4 rings (SSSR count). The molecule has 12 heteroatoms. The first kappa shape index (κ1) is 22.2. The third-order valence-corrected chi connectivity index (χ3v) is 4.65. The first-order valence-corrected chi connectivity index (χ1v) is 9.74. The van der Waals surface area contributed by atoms with Crippen molar-refractivity contribution >= 4 is 29.7 Å². The number of amides is 3. The maximum Gasteiger partial charge on any atom is 0.373 e. The van der Waals surface area contributed by atoms with Gasteiger partial charge in [-0.15, -0.1) is 0 Å². The van der Waals surface area contributed by atoms with Crippen LogP contribution in [-0.2, 0) is 16.1 Å². The summed E-state index contributed by atoms with van der Waals surface area (Å²) < 4.78 is 15.5. The van der Waals surface area contributed by atoms with E-state index in [4.69, 9.17) is 9.15 Å². The molecule has 0 aliphatic carbocycles. The number of urea groups is 1. The number of furan rings is 1. The molecule has 0 atom stereocenters. The second-order valence-electron chi connectivity index (χ2n) is 6.92. The number of nitro groups is 1. The lowest BCUT2D eigenvalue weighted by atomic mass is 10.2. The zero-order valence-electron chi connectivity index (χ0n) is 17.6. The molecule has 3 heterocycles. The van der Waals surface area contributed by atoms with Crippen molar-refractivity contribution in [3.05, 3.63) is 87.6 Å². The Morgan fingerprint density at radius 3 is 2.76 bits per heavy atom. The number of benzene rings is 1. The fraction of sp³-hybridized carbons (Fsp3) is 0.0909. The number of ether oxygens (including phenoxy) is 2. The number of carbonyl (C=O) groups excluding carboxylic acids is 3. The lowest BCUT2D eigenvalue weighted by Gasteiger charge is -2.09. The number of imide groups is 1. The standard InChI is InChI=1S/C22H16N4O8/c1-32-21(28)18-7-6-16(33-18)12-25-20(27)17(24-22(25)29)10-13-3-2-4-15(9-13)34-19-8-5-14(11-23-19)26(30)31/h2-11H,12H2,1H3,(H,24,29). The summed E-state index contributed by atoms with van der Waals surface area (Å²) in [5.74, 6) is -0.540. The number of methoxy groups -OCH3 is 1. The van der Waals surface area contributed by atoms with E-state index in [9.17, 15) is 24.5 Å². The molecule has 1 aliphatic heterocycles. The SMILES string of the molecule is COC(=O)c1ccc(CN2C(=O)NC(=Cc3cccc(Oc4ccc([N+](=O)[O-])cn4)c3)C2=O)o1. The molecule has 0 unspecified atom stereocenters. The van der Waals surface area contributed by atoms with Crippen molar-refractivity contribution in [2.45, 2.75) is 6.54 Å². The Hall–Kier alpha value is -5.00. The number of nitrogens with one attached hydrogen (secondary N) is 1. The highest BCUT2D eigenvalue weighted by Gasteiger charge is 2.34. The molecule has 172 valence electrons. The number of carbonyl (C=O) groups is 3. The summed E-state index contributed by atoms with van der Waals surface area (Å²) in [5.41, 5.74) is 0.424. The van der Waals surface area contributed by atoms with E-state index in [1.54, 1.807) is 24.3 Å². The van der Waals surface area contributed by atoms with Crippen molar-refractivity contribution in [3.8, 4) is 11.6 Å². The Kier molecular flexibility index (Phi) is 6.03. The predicted molar refractivity (Wildman–Crippen MR) is 115 cm³/mol. The summed E-state index contributed by atoms with van der Waals surface area (Å²) in [6.07, 6.45) is 2.55. The van der Waals surface area contributed by atoms with E-state index < -0.39 is 22.8 Å². The van der Waals surface area contributed by atoms with E-state index in [1.165, 1.54) is 37.5 Å². The summed E-state index contributed by atoms with van der Waals surface area (Å²) >= 11 is 0. The molecule has 3 amide bonds. The first-order chi connectivity index (χ1) is 16.3. The van der Waals surface area contributed by atoms with Gasteiger partial charge in [-0.2, -0.15) is 0 Å². The monoisotopic (exact) mass is 464 g/mol. The number of aromatic nitrogens is 1. The summed E-state index contributed by atoms with van der Waals surface area (Å²) in [4.78, 5) is 51.5. The highest BCUT2D eigenvalue weighted by molar-refractivity contribution is 6.13. The Balaban J connectivity index is 1.47. The topological polar surface area (TPSA) is 154 Å². The van der Waals surface area contributed by atoms with Crippen LogP contribution in [0, 0.1) is 10.1 Å². The van der Waals surface area contributed by atoms with Crippen LogP contribution in [0.2, 0.25) is 0 Å². The smallest absolute Gasteiger partial charge is 0.373 e. The minimum Gasteiger partial charge on any atom is -0.463 e. The van der Waals surface area contributed by atoms with Crippen molar-refractivity contribution in [3.63, 3.8) is 0 Å². The maximum absolute atomic E-state index is 12.7. The number of hydrogen-bond acceptors (Lipinski definition) is 9. The molecule has 12 nitrogen and oxygen atoms in total. The Bertz CT molecular complexity index is 1310. The highest BCUT2D eigenvalue weighted by Crippen LogP contribution is 2.24. The molecule has 1 N–H and O–H groups in total. The van der Waals surface area contributed by atoms with Gasteiger partial charge in [0.2, 0.25) is 11.6 Å². The molecule has 0 radical (unpaired) electrons. The van der Waals surface area contributed by atoms with Gasteiger partial charge in [-0.1, -0.05) is 12.1 Å². The largest absolute Gasteiger partial charge is 0.463 e. The predicted octanol–water partition coefficient (Wildman–Crippen LogP) is 3.25. The van der Waals surface area contributed by atoms with Crippen LogP contribution in [0.25, 0.3) is 6.08 Å². The van der Waals surface area contributed by atoms with Gasteiger partial charge >= 0.3 is 12.0 Å². The normalized spacial score (nSPS) is 14.3. The molecule has 0 bridgehead atoms. The average Bonchev–Trinajstić information content (AvgIpc) is 3.40. The molecule has 1 fully saturated rings. The van der Waals surface area contributed by atoms with Gasteiger partial charge < -0.3 is 19.2 Å². The second-order valence-corrected chi connectivity index (χ2v) is 6.92. The summed E-state index contributed by atoms with van der Waals surface area (Å²) in [7, 11) is 1.21. The molecule has 1 aromatic carbocycles. The quantitative estimate of drug-likeness (QED) is 0.182. The molecule has 3 aromatic rings. The zero-order chi connectivity index (χ0) is 24.2. The lowest BCUT2D eigenvalue weighted by Crippen LogP contribution is -2.30. The van der Waals surface area contributed by atoms with Crippen LogP contribution in [0.15, 0.2) is 64.8 Å². The zero-order valence-corrected chi connectivity index (χ0v) is 17.6. The van der Waals surface area contributed by atoms with E-state index in [0.29, 0.717) is 11.3 Å². The number of esters is 1. The number of rotatable bonds is 7. The minimum absolute atomic E-state index is 0.0374. The van der Waals surface area contributed by atoms with E-state index in [2.05, 4.69) is 15.0 Å². The van der Waals surface area contributed by atoms with Crippen molar-refractivity contribution < 1.29 is 33.2 Å². The summed E-state index contributed by atoms with van der Waals surface area (Å²) in [5, 5.41) is 13.2. The lowest BCUT2D eigenvalue weighted by molar-refractivity contribution is -0.385. The van der Waals surface area contributed by atoms with Gasteiger partial charge in [0, 0.05) is 12.1 Å². The third kappa shape index (κ3) is 4.75. The van der Waals surface area contributed by atoms with Gasteiger partial charge in [-0.05, 0) is 35.9 Å². The summed E-state index contributed by atoms with van der Waals surface area (Å²) in [6.45, 7) is -0.173. The van der Waals surface area contributed by atoms with Crippen LogP contribution < -0.4 is 10.1 Å². The Morgan fingerprint density at radius 2 is 2.06 bits per heavy atom. The average molecular weight is 464 g/mol. The molecular weight excluding hydrogens is 448 g/mol. The second kappa shape index (κ2) is 9.24. The number of nitrogens with zero attached hydrogens (tertiary/aromatic N) is 3. The van der Waals surface area contributed by atoms with Gasteiger partial charge in [-0.3, -0.25) is 19.8 Å². The molecule has 1 saturated heterocycles. The minimum atomic E-state index is -0.671. The molecule has 1 aliphatic rings. The van der Waals surface area contributed by atoms with Gasteiger partial charge in [0.15, 0.2) is 0 Å². The number of hydrogen-bond donors (Lipinski definition) is 1. The third-order valence-electron chi connectivity index (χ3n) is 4.65. The van der Waals surface area contributed by atoms with Crippen LogP contribution in [0.3, 0.4) is 0 Å².